The topological polar surface area (TPSA) is 65.7 Å². The summed E-state index contributed by atoms with van der Waals surface area (Å²) in [4.78, 5) is 11.4. The molecule has 0 amide bonds. The summed E-state index contributed by atoms with van der Waals surface area (Å²) in [5.41, 5.74) is 1.15. The Morgan fingerprint density at radius 2 is 2.19 bits per heavy atom. The zero-order chi connectivity index (χ0) is 18.2. The Morgan fingerprint density at radius 3 is 2.81 bits per heavy atom. The van der Waals surface area contributed by atoms with Crippen molar-refractivity contribution in [1.29, 1.82) is 0 Å². The Morgan fingerprint density at radius 1 is 1.37 bits per heavy atom. The molecule has 0 spiro atoms. The molecule has 2 aromatic rings. The fourth-order valence-electron chi connectivity index (χ4n) is 3.29. The number of likely N-dealkylation sites (tertiary alicyclic amines) is 1. The van der Waals surface area contributed by atoms with E-state index in [1.807, 2.05) is 13.1 Å². The van der Waals surface area contributed by atoms with Crippen molar-refractivity contribution in [1.82, 2.24) is 20.5 Å². The lowest BCUT2D eigenvalue weighted by Gasteiger charge is -2.26. The summed E-state index contributed by atoms with van der Waals surface area (Å²) in [7, 11) is 1.81. The largest absolute Gasteiger partial charge is 0.468 e. The third-order valence-corrected chi connectivity index (χ3v) is 5.76. The van der Waals surface area contributed by atoms with Crippen LogP contribution in [0.4, 0.5) is 0 Å². The van der Waals surface area contributed by atoms with Gasteiger partial charge in [-0.05, 0) is 44.5 Å². The molecular formula is C19H30IN5OS. The zero-order valence-electron chi connectivity index (χ0n) is 16.1. The van der Waals surface area contributed by atoms with Crippen molar-refractivity contribution in [3.8, 4) is 0 Å². The molecule has 0 radical (unpaired) electrons. The van der Waals surface area contributed by atoms with Gasteiger partial charge in [-0.25, -0.2) is 4.98 Å². The monoisotopic (exact) mass is 503 g/mol. The molecule has 1 unspecified atom stereocenters. The van der Waals surface area contributed by atoms with Crippen LogP contribution in [0.5, 0.6) is 0 Å². The molecule has 1 atom stereocenters. The SMILES string of the molecule is CCc1nc(CCNC(=NC)NCC(c2ccco2)N2CCCC2)cs1.I. The van der Waals surface area contributed by atoms with Crippen LogP contribution in [0.25, 0.3) is 0 Å². The number of aromatic nitrogens is 1. The summed E-state index contributed by atoms with van der Waals surface area (Å²) in [6.07, 6.45) is 6.19. The first kappa shape index (κ1) is 22.2. The van der Waals surface area contributed by atoms with Crippen LogP contribution in [0.1, 0.15) is 42.3 Å². The summed E-state index contributed by atoms with van der Waals surface area (Å²) < 4.78 is 5.68. The molecule has 150 valence electrons. The first-order valence-corrected chi connectivity index (χ1v) is 10.3. The molecular weight excluding hydrogens is 473 g/mol. The van der Waals surface area contributed by atoms with E-state index in [4.69, 9.17) is 4.42 Å². The van der Waals surface area contributed by atoms with E-state index in [0.29, 0.717) is 0 Å². The predicted molar refractivity (Wildman–Crippen MR) is 122 cm³/mol. The third kappa shape index (κ3) is 6.46. The van der Waals surface area contributed by atoms with Gasteiger partial charge in [0, 0.05) is 31.9 Å². The van der Waals surface area contributed by atoms with Crippen molar-refractivity contribution < 1.29 is 4.42 Å². The fourth-order valence-corrected chi connectivity index (χ4v) is 4.07. The molecule has 3 rings (SSSR count). The average Bonchev–Trinajstić information content (AvgIpc) is 3.42. The fraction of sp³-hybridized carbons (Fsp3) is 0.579. The Balaban J connectivity index is 0.00000261. The summed E-state index contributed by atoms with van der Waals surface area (Å²) in [5.74, 6) is 1.84. The minimum atomic E-state index is 0. The summed E-state index contributed by atoms with van der Waals surface area (Å²) in [6.45, 7) is 6.00. The zero-order valence-corrected chi connectivity index (χ0v) is 19.3. The molecule has 1 aliphatic heterocycles. The first-order valence-electron chi connectivity index (χ1n) is 9.45. The molecule has 0 bridgehead atoms. The van der Waals surface area contributed by atoms with Crippen LogP contribution in [-0.4, -0.2) is 49.1 Å². The van der Waals surface area contributed by atoms with E-state index in [0.717, 1.165) is 56.4 Å². The number of furan rings is 1. The third-order valence-electron chi connectivity index (χ3n) is 4.71. The number of aliphatic imine (C=N–C) groups is 1. The molecule has 1 aliphatic rings. The molecule has 0 saturated carbocycles. The van der Waals surface area contributed by atoms with Crippen LogP contribution in [0.2, 0.25) is 0 Å². The van der Waals surface area contributed by atoms with Crippen molar-refractivity contribution in [2.75, 3.05) is 33.2 Å². The molecule has 6 nitrogen and oxygen atoms in total. The maximum absolute atomic E-state index is 5.68. The molecule has 3 heterocycles. The first-order chi connectivity index (χ1) is 12.8. The van der Waals surface area contributed by atoms with E-state index in [-0.39, 0.29) is 30.0 Å². The van der Waals surface area contributed by atoms with Crippen LogP contribution in [0.15, 0.2) is 33.2 Å². The number of halogens is 1. The quantitative estimate of drug-likeness (QED) is 0.328. The smallest absolute Gasteiger partial charge is 0.191 e. The number of guanidine groups is 1. The van der Waals surface area contributed by atoms with Gasteiger partial charge in [-0.15, -0.1) is 35.3 Å². The highest BCUT2D eigenvalue weighted by molar-refractivity contribution is 14.0. The number of aryl methyl sites for hydroxylation is 1. The second-order valence-corrected chi connectivity index (χ2v) is 7.43. The van der Waals surface area contributed by atoms with Crippen LogP contribution in [0.3, 0.4) is 0 Å². The Hall–Kier alpha value is -1.13. The molecule has 27 heavy (non-hydrogen) atoms. The number of hydrogen-bond donors (Lipinski definition) is 2. The number of rotatable bonds is 8. The number of thiazole rings is 1. The normalized spacial score (nSPS) is 16.1. The van der Waals surface area contributed by atoms with Gasteiger partial charge in [-0.3, -0.25) is 9.89 Å². The Labute approximate surface area is 182 Å². The molecule has 2 aromatic heterocycles. The molecule has 1 fully saturated rings. The van der Waals surface area contributed by atoms with Gasteiger partial charge in [0.25, 0.3) is 0 Å². The van der Waals surface area contributed by atoms with Crippen LogP contribution < -0.4 is 10.6 Å². The van der Waals surface area contributed by atoms with Gasteiger partial charge in [0.15, 0.2) is 5.96 Å². The van der Waals surface area contributed by atoms with E-state index < -0.39 is 0 Å². The number of hydrogen-bond acceptors (Lipinski definition) is 5. The van der Waals surface area contributed by atoms with Crippen molar-refractivity contribution in [3.63, 3.8) is 0 Å². The van der Waals surface area contributed by atoms with E-state index in [1.165, 1.54) is 17.8 Å². The van der Waals surface area contributed by atoms with Crippen LogP contribution >= 0.6 is 35.3 Å². The van der Waals surface area contributed by atoms with Crippen LogP contribution in [-0.2, 0) is 12.8 Å². The molecule has 0 aromatic carbocycles. The summed E-state index contributed by atoms with van der Waals surface area (Å²) in [6, 6.07) is 4.27. The van der Waals surface area contributed by atoms with Gasteiger partial charge < -0.3 is 15.1 Å². The molecule has 1 saturated heterocycles. The lowest BCUT2D eigenvalue weighted by atomic mass is 10.2. The van der Waals surface area contributed by atoms with Gasteiger partial charge in [-0.2, -0.15) is 0 Å². The maximum Gasteiger partial charge on any atom is 0.191 e. The minimum Gasteiger partial charge on any atom is -0.468 e. The molecule has 8 heteroatoms. The van der Waals surface area contributed by atoms with E-state index >= 15 is 0 Å². The predicted octanol–water partition coefficient (Wildman–Crippen LogP) is 3.46. The van der Waals surface area contributed by atoms with Crippen molar-refractivity contribution in [3.05, 3.63) is 40.2 Å². The van der Waals surface area contributed by atoms with Crippen molar-refractivity contribution in [2.45, 2.75) is 38.6 Å². The van der Waals surface area contributed by atoms with Crippen LogP contribution in [0, 0.1) is 0 Å². The highest BCUT2D eigenvalue weighted by Gasteiger charge is 2.25. The van der Waals surface area contributed by atoms with Gasteiger partial charge in [-0.1, -0.05) is 6.92 Å². The van der Waals surface area contributed by atoms with Crippen molar-refractivity contribution in [2.24, 2.45) is 4.99 Å². The standard InChI is InChI=1S/C19H29N5OS.HI/c1-3-18-23-15(14-26-18)8-9-21-19(20-2)22-13-16(17-7-6-12-25-17)24-10-4-5-11-24;/h6-7,12,14,16H,3-5,8-11,13H2,1-2H3,(H2,20,21,22);1H. The highest BCUT2D eigenvalue weighted by Crippen LogP contribution is 2.24. The van der Waals surface area contributed by atoms with Gasteiger partial charge in [0.2, 0.25) is 0 Å². The lowest BCUT2D eigenvalue weighted by Crippen LogP contribution is -2.43. The average molecular weight is 503 g/mol. The van der Waals surface area contributed by atoms with Gasteiger partial charge >= 0.3 is 0 Å². The lowest BCUT2D eigenvalue weighted by molar-refractivity contribution is 0.215. The molecule has 2 N–H and O–H groups in total. The Bertz CT molecular complexity index is 682. The Kier molecular flexibility index (Phi) is 9.57. The maximum atomic E-state index is 5.68. The molecule has 0 aliphatic carbocycles. The van der Waals surface area contributed by atoms with E-state index in [9.17, 15) is 0 Å². The van der Waals surface area contributed by atoms with Gasteiger partial charge in [0.1, 0.15) is 5.76 Å². The second-order valence-electron chi connectivity index (χ2n) is 6.49. The number of nitrogens with zero attached hydrogens (tertiary/aromatic N) is 3. The minimum absolute atomic E-state index is 0. The number of nitrogens with one attached hydrogen (secondary N) is 2. The second kappa shape index (κ2) is 11.7. The van der Waals surface area contributed by atoms with E-state index in [1.54, 1.807) is 17.6 Å². The highest BCUT2D eigenvalue weighted by atomic mass is 127. The summed E-state index contributed by atoms with van der Waals surface area (Å²) >= 11 is 1.74. The summed E-state index contributed by atoms with van der Waals surface area (Å²) in [5, 5.41) is 10.2. The van der Waals surface area contributed by atoms with E-state index in [2.05, 4.69) is 43.9 Å². The van der Waals surface area contributed by atoms with Gasteiger partial charge in [0.05, 0.1) is 23.0 Å². The van der Waals surface area contributed by atoms with Crippen molar-refractivity contribution >= 4 is 41.3 Å².